The number of carbonyl (C=O) groups is 1. The van der Waals surface area contributed by atoms with E-state index in [0.717, 1.165) is 26.0 Å². The number of benzene rings is 1. The summed E-state index contributed by atoms with van der Waals surface area (Å²) in [5.41, 5.74) is 2.55. The van der Waals surface area contributed by atoms with Gasteiger partial charge in [-0.2, -0.15) is 0 Å². The van der Waals surface area contributed by atoms with E-state index in [1.165, 1.54) is 43.4 Å². The zero-order valence-corrected chi connectivity index (χ0v) is 17.0. The Balaban J connectivity index is 1.62. The molecule has 150 valence electrons. The molecule has 4 nitrogen and oxygen atoms in total. The van der Waals surface area contributed by atoms with Gasteiger partial charge in [0.25, 0.3) is 0 Å². The van der Waals surface area contributed by atoms with Gasteiger partial charge in [0, 0.05) is 25.3 Å². The normalized spacial score (nSPS) is 15.6. The van der Waals surface area contributed by atoms with Gasteiger partial charge in [0.05, 0.1) is 6.61 Å². The summed E-state index contributed by atoms with van der Waals surface area (Å²) in [4.78, 5) is 13.7. The third-order valence-corrected chi connectivity index (χ3v) is 4.92. The van der Waals surface area contributed by atoms with Crippen molar-refractivity contribution in [2.75, 3.05) is 24.7 Å². The van der Waals surface area contributed by atoms with Gasteiger partial charge < -0.3 is 14.4 Å². The van der Waals surface area contributed by atoms with Crippen LogP contribution in [0.3, 0.4) is 0 Å². The maximum absolute atomic E-state index is 11.3. The van der Waals surface area contributed by atoms with E-state index in [-0.39, 0.29) is 12.2 Å². The molecule has 1 heterocycles. The van der Waals surface area contributed by atoms with Gasteiger partial charge in [-0.25, -0.2) is 0 Å². The van der Waals surface area contributed by atoms with Crippen LogP contribution in [0.2, 0.25) is 0 Å². The van der Waals surface area contributed by atoms with Crippen molar-refractivity contribution in [3.8, 4) is 0 Å². The molecule has 0 radical (unpaired) electrons. The van der Waals surface area contributed by atoms with E-state index in [0.29, 0.717) is 13.0 Å². The lowest BCUT2D eigenvalue weighted by atomic mass is 10.1. The largest absolute Gasteiger partial charge is 0.466 e. The molecule has 2 rings (SSSR count). The number of unbranched alkanes of at least 4 members (excludes halogenated alkanes) is 6. The van der Waals surface area contributed by atoms with Crippen molar-refractivity contribution in [3.63, 3.8) is 0 Å². The number of esters is 1. The van der Waals surface area contributed by atoms with Gasteiger partial charge in [-0.3, -0.25) is 4.79 Å². The molecule has 27 heavy (non-hydrogen) atoms. The van der Waals surface area contributed by atoms with Gasteiger partial charge in [-0.1, -0.05) is 56.4 Å². The Hall–Kier alpha value is -1.81. The molecule has 0 aromatic heterocycles. The highest BCUT2D eigenvalue weighted by Gasteiger charge is 2.21. The molecule has 0 bridgehead atoms. The van der Waals surface area contributed by atoms with Gasteiger partial charge in [0.1, 0.15) is 6.23 Å². The molecule has 0 saturated heterocycles. The molecule has 0 N–H and O–H groups in total. The highest BCUT2D eigenvalue weighted by molar-refractivity contribution is 5.71. The zero-order chi connectivity index (χ0) is 19.3. The van der Waals surface area contributed by atoms with Crippen molar-refractivity contribution in [2.24, 2.45) is 0 Å². The molecule has 1 aliphatic heterocycles. The monoisotopic (exact) mass is 373 g/mol. The van der Waals surface area contributed by atoms with Crippen LogP contribution in [0.5, 0.6) is 0 Å². The van der Waals surface area contributed by atoms with E-state index in [1.807, 2.05) is 6.92 Å². The molecule has 0 spiro atoms. The summed E-state index contributed by atoms with van der Waals surface area (Å²) < 4.78 is 10.9. The molecule has 0 amide bonds. The number of carbonyl (C=O) groups excluding carboxylic acids is 1. The number of fused-ring (bicyclic) bond motifs is 1. The summed E-state index contributed by atoms with van der Waals surface area (Å²) in [6.45, 7) is 6.14. The smallest absolute Gasteiger partial charge is 0.305 e. The molecular weight excluding hydrogens is 338 g/mol. The summed E-state index contributed by atoms with van der Waals surface area (Å²) in [6.07, 6.45) is 13.1. The summed E-state index contributed by atoms with van der Waals surface area (Å²) in [5.74, 6) is -0.0581. The number of hydrogen-bond acceptors (Lipinski definition) is 4. The molecule has 0 saturated carbocycles. The molecule has 0 fully saturated rings. The summed E-state index contributed by atoms with van der Waals surface area (Å²) in [5, 5.41) is 0. The van der Waals surface area contributed by atoms with Crippen molar-refractivity contribution in [2.45, 2.75) is 71.4 Å². The fraction of sp³-hybridized carbons (Fsp3) is 0.609. The van der Waals surface area contributed by atoms with Crippen LogP contribution in [0, 0.1) is 0 Å². The minimum Gasteiger partial charge on any atom is -0.466 e. The van der Waals surface area contributed by atoms with Crippen LogP contribution in [0.4, 0.5) is 5.69 Å². The van der Waals surface area contributed by atoms with Crippen molar-refractivity contribution in [1.29, 1.82) is 0 Å². The van der Waals surface area contributed by atoms with Gasteiger partial charge in [0.15, 0.2) is 0 Å². The topological polar surface area (TPSA) is 38.8 Å². The summed E-state index contributed by atoms with van der Waals surface area (Å²) in [7, 11) is 0. The van der Waals surface area contributed by atoms with Gasteiger partial charge in [-0.15, -0.1) is 0 Å². The van der Waals surface area contributed by atoms with Crippen LogP contribution < -0.4 is 4.90 Å². The number of anilines is 1. The number of para-hydroxylation sites is 1. The molecular formula is C23H35NO3. The minimum absolute atomic E-state index is 0.0489. The van der Waals surface area contributed by atoms with E-state index < -0.39 is 0 Å². The second-order valence-electron chi connectivity index (χ2n) is 6.99. The third kappa shape index (κ3) is 7.37. The number of ether oxygens (including phenoxy) is 2. The second-order valence-corrected chi connectivity index (χ2v) is 6.99. The Labute approximate surface area is 164 Å². The predicted molar refractivity (Wildman–Crippen MR) is 112 cm³/mol. The van der Waals surface area contributed by atoms with E-state index in [1.54, 1.807) is 0 Å². The average Bonchev–Trinajstić information content (AvgIpc) is 2.68. The van der Waals surface area contributed by atoms with Crippen molar-refractivity contribution in [3.05, 3.63) is 35.9 Å². The van der Waals surface area contributed by atoms with Crippen LogP contribution in [0.25, 0.3) is 6.08 Å². The molecule has 1 aromatic rings. The Morgan fingerprint density at radius 3 is 2.41 bits per heavy atom. The highest BCUT2D eigenvalue weighted by atomic mass is 16.5. The Bertz CT molecular complexity index is 585. The average molecular weight is 374 g/mol. The number of hydrogen-bond donors (Lipinski definition) is 0. The lowest BCUT2D eigenvalue weighted by Gasteiger charge is -2.35. The summed E-state index contributed by atoms with van der Waals surface area (Å²) in [6, 6.07) is 8.54. The van der Waals surface area contributed by atoms with Crippen LogP contribution in [0.1, 0.15) is 70.8 Å². The Kier molecular flexibility index (Phi) is 9.99. The van der Waals surface area contributed by atoms with Crippen molar-refractivity contribution in [1.82, 2.24) is 0 Å². The van der Waals surface area contributed by atoms with Crippen LogP contribution >= 0.6 is 0 Å². The second kappa shape index (κ2) is 12.6. The Morgan fingerprint density at radius 2 is 1.67 bits per heavy atom. The van der Waals surface area contributed by atoms with E-state index >= 15 is 0 Å². The SMILES string of the molecule is CCOC(=O)CCCCCCCCCN1c2ccccc2C=CC1OCC. The minimum atomic E-state index is -0.0581. The molecule has 1 aliphatic rings. The van der Waals surface area contributed by atoms with Crippen LogP contribution in [-0.4, -0.2) is 32.0 Å². The third-order valence-electron chi connectivity index (χ3n) is 4.92. The first-order valence-corrected chi connectivity index (χ1v) is 10.6. The maximum Gasteiger partial charge on any atom is 0.305 e. The first kappa shape index (κ1) is 21.5. The highest BCUT2D eigenvalue weighted by Crippen LogP contribution is 2.29. The Morgan fingerprint density at radius 1 is 0.963 bits per heavy atom. The molecule has 4 heteroatoms. The van der Waals surface area contributed by atoms with Gasteiger partial charge >= 0.3 is 5.97 Å². The van der Waals surface area contributed by atoms with Gasteiger partial charge in [-0.05, 0) is 44.4 Å². The fourth-order valence-electron chi connectivity index (χ4n) is 3.55. The first-order valence-electron chi connectivity index (χ1n) is 10.6. The predicted octanol–water partition coefficient (Wildman–Crippen LogP) is 5.57. The maximum atomic E-state index is 11.3. The summed E-state index contributed by atoms with van der Waals surface area (Å²) >= 11 is 0. The molecule has 1 atom stereocenters. The molecule has 1 unspecified atom stereocenters. The quantitative estimate of drug-likeness (QED) is 0.335. The van der Waals surface area contributed by atoms with E-state index in [4.69, 9.17) is 9.47 Å². The van der Waals surface area contributed by atoms with Crippen LogP contribution in [0.15, 0.2) is 30.3 Å². The fourth-order valence-corrected chi connectivity index (χ4v) is 3.55. The van der Waals surface area contributed by atoms with Gasteiger partial charge in [0.2, 0.25) is 0 Å². The zero-order valence-electron chi connectivity index (χ0n) is 17.0. The van der Waals surface area contributed by atoms with E-state index in [9.17, 15) is 4.79 Å². The van der Waals surface area contributed by atoms with Crippen molar-refractivity contribution >= 4 is 17.7 Å². The standard InChI is InChI=1S/C23H35NO3/c1-3-26-22-18-17-20-14-11-12-15-21(20)24(22)19-13-9-7-5-6-8-10-16-23(25)27-4-2/h11-12,14-15,17-18,22H,3-10,13,16,19H2,1-2H3. The lowest BCUT2D eigenvalue weighted by Crippen LogP contribution is -2.38. The van der Waals surface area contributed by atoms with Crippen molar-refractivity contribution < 1.29 is 14.3 Å². The number of nitrogens with zero attached hydrogens (tertiary/aromatic N) is 1. The first-order chi connectivity index (χ1) is 13.3. The van der Waals surface area contributed by atoms with Crippen LogP contribution in [-0.2, 0) is 14.3 Å². The number of rotatable bonds is 13. The lowest BCUT2D eigenvalue weighted by molar-refractivity contribution is -0.143. The molecule has 0 aliphatic carbocycles. The molecule has 1 aromatic carbocycles. The van der Waals surface area contributed by atoms with E-state index in [2.05, 4.69) is 48.2 Å².